The first-order chi connectivity index (χ1) is 10.3. The minimum Gasteiger partial charge on any atom is -0.380 e. The third-order valence-electron chi connectivity index (χ3n) is 2.93. The van der Waals surface area contributed by atoms with Crippen LogP contribution in [0.25, 0.3) is 11.4 Å². The molecule has 0 radical (unpaired) electrons. The molecule has 1 N–H and O–H groups in total. The van der Waals surface area contributed by atoms with Gasteiger partial charge in [-0.2, -0.15) is 0 Å². The summed E-state index contributed by atoms with van der Waals surface area (Å²) in [5.41, 5.74) is 2.93. The molecule has 2 rings (SSSR count). The summed E-state index contributed by atoms with van der Waals surface area (Å²) in [6.45, 7) is 3.89. The first kappa shape index (κ1) is 15.4. The molecule has 1 aromatic heterocycles. The van der Waals surface area contributed by atoms with Crippen LogP contribution in [0.15, 0.2) is 30.3 Å². The molecule has 112 valence electrons. The van der Waals surface area contributed by atoms with Gasteiger partial charge in [0.05, 0.1) is 18.9 Å². The van der Waals surface area contributed by atoms with Gasteiger partial charge in [-0.05, 0) is 18.6 Å². The topological polar surface area (TPSA) is 56.3 Å². The molecule has 1 aromatic carbocycles. The molecule has 0 fully saturated rings. The highest BCUT2D eigenvalue weighted by Gasteiger charge is 2.07. The first-order valence-corrected chi connectivity index (χ1v) is 6.95. The molecule has 2 aromatic rings. The van der Waals surface area contributed by atoms with Crippen molar-refractivity contribution < 1.29 is 9.47 Å². The molecule has 1 heterocycles. The fourth-order valence-corrected chi connectivity index (χ4v) is 2.09. The van der Waals surface area contributed by atoms with Crippen molar-refractivity contribution in [1.82, 2.24) is 9.97 Å². The van der Waals surface area contributed by atoms with Gasteiger partial charge in [-0.25, -0.2) is 9.97 Å². The number of nitrogens with zero attached hydrogens (tertiary/aromatic N) is 2. The lowest BCUT2D eigenvalue weighted by atomic mass is 10.1. The van der Waals surface area contributed by atoms with E-state index in [4.69, 9.17) is 9.47 Å². The van der Waals surface area contributed by atoms with E-state index in [1.165, 1.54) is 0 Å². The van der Waals surface area contributed by atoms with E-state index in [1.54, 1.807) is 14.2 Å². The molecule has 21 heavy (non-hydrogen) atoms. The van der Waals surface area contributed by atoms with Crippen LogP contribution in [0.2, 0.25) is 0 Å². The van der Waals surface area contributed by atoms with Crippen molar-refractivity contribution in [3.63, 3.8) is 0 Å². The van der Waals surface area contributed by atoms with Crippen LogP contribution in [-0.4, -0.2) is 30.7 Å². The van der Waals surface area contributed by atoms with Crippen LogP contribution in [0.4, 0.5) is 5.82 Å². The van der Waals surface area contributed by atoms with Gasteiger partial charge in [0.1, 0.15) is 5.82 Å². The first-order valence-electron chi connectivity index (χ1n) is 6.95. The van der Waals surface area contributed by atoms with Gasteiger partial charge in [0.25, 0.3) is 0 Å². The summed E-state index contributed by atoms with van der Waals surface area (Å²) < 4.78 is 10.3. The molecule has 0 amide bonds. The van der Waals surface area contributed by atoms with Gasteiger partial charge in [-0.3, -0.25) is 0 Å². The Morgan fingerprint density at radius 1 is 1.05 bits per heavy atom. The summed E-state index contributed by atoms with van der Waals surface area (Å²) in [4.78, 5) is 9.12. The molecule has 0 saturated carbocycles. The molecule has 0 aliphatic rings. The summed E-state index contributed by atoms with van der Waals surface area (Å²) in [5, 5.41) is 3.22. The summed E-state index contributed by atoms with van der Waals surface area (Å²) in [6.07, 6.45) is 0. The van der Waals surface area contributed by atoms with Crippen LogP contribution < -0.4 is 5.32 Å². The Bertz CT molecular complexity index is 563. The number of hydrogen-bond donors (Lipinski definition) is 1. The molecule has 0 atom stereocenters. The lowest BCUT2D eigenvalue weighted by Gasteiger charge is -2.09. The Labute approximate surface area is 125 Å². The highest BCUT2D eigenvalue weighted by atomic mass is 16.5. The van der Waals surface area contributed by atoms with E-state index < -0.39 is 0 Å². The highest BCUT2D eigenvalue weighted by molar-refractivity contribution is 5.58. The van der Waals surface area contributed by atoms with E-state index >= 15 is 0 Å². The third kappa shape index (κ3) is 4.24. The number of aromatic nitrogens is 2. The van der Waals surface area contributed by atoms with Gasteiger partial charge in [0.15, 0.2) is 5.82 Å². The fraction of sp³-hybridized carbons (Fsp3) is 0.375. The van der Waals surface area contributed by atoms with Crippen LogP contribution >= 0.6 is 0 Å². The van der Waals surface area contributed by atoms with Crippen molar-refractivity contribution in [3.8, 4) is 11.4 Å². The number of hydrogen-bond acceptors (Lipinski definition) is 5. The van der Waals surface area contributed by atoms with Crippen LogP contribution in [0.5, 0.6) is 0 Å². The third-order valence-corrected chi connectivity index (χ3v) is 2.93. The van der Waals surface area contributed by atoms with E-state index in [0.717, 1.165) is 29.2 Å². The van der Waals surface area contributed by atoms with E-state index in [2.05, 4.69) is 15.3 Å². The average Bonchev–Trinajstić information content (AvgIpc) is 2.48. The Morgan fingerprint density at radius 3 is 2.57 bits per heavy atom. The number of anilines is 1. The summed E-state index contributed by atoms with van der Waals surface area (Å²) >= 11 is 0. The Balaban J connectivity index is 2.38. The average molecular weight is 287 g/mol. The maximum Gasteiger partial charge on any atom is 0.161 e. The Hall–Kier alpha value is -1.98. The van der Waals surface area contributed by atoms with Gasteiger partial charge in [0, 0.05) is 32.4 Å². The predicted octanol–water partition coefficient (Wildman–Crippen LogP) is 2.87. The quantitative estimate of drug-likeness (QED) is 0.848. The standard InChI is InChI=1S/C16H21N3O2/c1-4-17-15-9-14(11-21-3)18-16(19-15)13-7-5-6-12(8-13)10-20-2/h5-9H,4,10-11H2,1-3H3,(H,17,18,19). The van der Waals surface area contributed by atoms with Gasteiger partial charge in [0.2, 0.25) is 0 Å². The minimum absolute atomic E-state index is 0.464. The summed E-state index contributed by atoms with van der Waals surface area (Å²) in [7, 11) is 3.35. The van der Waals surface area contributed by atoms with Crippen molar-refractivity contribution in [3.05, 3.63) is 41.6 Å². The largest absolute Gasteiger partial charge is 0.380 e. The van der Waals surface area contributed by atoms with Crippen molar-refractivity contribution in [2.45, 2.75) is 20.1 Å². The van der Waals surface area contributed by atoms with E-state index in [0.29, 0.717) is 19.0 Å². The molecular formula is C16H21N3O2. The number of rotatable bonds is 7. The van der Waals surface area contributed by atoms with Gasteiger partial charge in [-0.15, -0.1) is 0 Å². The monoisotopic (exact) mass is 287 g/mol. The van der Waals surface area contributed by atoms with Crippen molar-refractivity contribution in [2.24, 2.45) is 0 Å². The van der Waals surface area contributed by atoms with Crippen LogP contribution in [-0.2, 0) is 22.7 Å². The lowest BCUT2D eigenvalue weighted by Crippen LogP contribution is -2.05. The lowest BCUT2D eigenvalue weighted by molar-refractivity contribution is 0.181. The maximum atomic E-state index is 5.18. The molecule has 0 aliphatic heterocycles. The number of ether oxygens (including phenoxy) is 2. The number of methoxy groups -OCH3 is 2. The van der Waals surface area contributed by atoms with Gasteiger partial charge >= 0.3 is 0 Å². The molecule has 5 nitrogen and oxygen atoms in total. The SMILES string of the molecule is CCNc1cc(COC)nc(-c2cccc(COC)c2)n1. The Kier molecular flexibility index (Phi) is 5.66. The van der Waals surface area contributed by atoms with Crippen molar-refractivity contribution in [1.29, 1.82) is 0 Å². The van der Waals surface area contributed by atoms with E-state index in [1.807, 2.05) is 37.3 Å². The van der Waals surface area contributed by atoms with Gasteiger partial charge in [-0.1, -0.05) is 18.2 Å². The fourth-order valence-electron chi connectivity index (χ4n) is 2.09. The zero-order valence-corrected chi connectivity index (χ0v) is 12.7. The van der Waals surface area contributed by atoms with Crippen LogP contribution in [0, 0.1) is 0 Å². The second-order valence-electron chi connectivity index (χ2n) is 4.66. The van der Waals surface area contributed by atoms with E-state index in [9.17, 15) is 0 Å². The second kappa shape index (κ2) is 7.71. The number of benzene rings is 1. The molecule has 0 aliphatic carbocycles. The van der Waals surface area contributed by atoms with Crippen LogP contribution in [0.1, 0.15) is 18.2 Å². The normalized spacial score (nSPS) is 10.6. The van der Waals surface area contributed by atoms with Crippen molar-refractivity contribution in [2.75, 3.05) is 26.1 Å². The number of nitrogens with one attached hydrogen (secondary N) is 1. The highest BCUT2D eigenvalue weighted by Crippen LogP contribution is 2.20. The summed E-state index contributed by atoms with van der Waals surface area (Å²) in [6, 6.07) is 9.97. The zero-order chi connectivity index (χ0) is 15.1. The molecule has 0 bridgehead atoms. The maximum absolute atomic E-state index is 5.18. The second-order valence-corrected chi connectivity index (χ2v) is 4.66. The molecular weight excluding hydrogens is 266 g/mol. The predicted molar refractivity (Wildman–Crippen MR) is 83.1 cm³/mol. The van der Waals surface area contributed by atoms with Crippen molar-refractivity contribution >= 4 is 5.82 Å². The Morgan fingerprint density at radius 2 is 1.86 bits per heavy atom. The zero-order valence-electron chi connectivity index (χ0n) is 12.7. The molecule has 5 heteroatoms. The molecule has 0 spiro atoms. The molecule has 0 saturated heterocycles. The minimum atomic E-state index is 0.464. The molecule has 0 unspecified atom stereocenters. The van der Waals surface area contributed by atoms with Gasteiger partial charge < -0.3 is 14.8 Å². The van der Waals surface area contributed by atoms with E-state index in [-0.39, 0.29) is 0 Å². The summed E-state index contributed by atoms with van der Waals surface area (Å²) in [5.74, 6) is 1.50. The smallest absolute Gasteiger partial charge is 0.161 e. The van der Waals surface area contributed by atoms with Crippen LogP contribution in [0.3, 0.4) is 0 Å².